The van der Waals surface area contributed by atoms with Crippen LogP contribution in [0.1, 0.15) is 36.9 Å². The Kier molecular flexibility index (Phi) is 4.32. The zero-order valence-electron chi connectivity index (χ0n) is 11.3. The van der Waals surface area contributed by atoms with Crippen LogP contribution in [0.15, 0.2) is 24.3 Å². The smallest absolute Gasteiger partial charge is 0.299 e. The summed E-state index contributed by atoms with van der Waals surface area (Å²) in [5.74, 6) is -0.703. The normalized spacial score (nSPS) is 21.0. The first-order chi connectivity index (χ1) is 9.77. The molecule has 0 aromatic heterocycles. The third kappa shape index (κ3) is 3.81. The molecule has 0 radical (unpaired) electrons. The Labute approximate surface area is 119 Å². The summed E-state index contributed by atoms with van der Waals surface area (Å²) in [4.78, 5) is 22.7. The first-order valence-corrected chi connectivity index (χ1v) is 6.54. The summed E-state index contributed by atoms with van der Waals surface area (Å²) in [5, 5.41) is 5.24. The summed E-state index contributed by atoms with van der Waals surface area (Å²) in [6.07, 6.45) is -3.72. The third-order valence-corrected chi connectivity index (χ3v) is 3.43. The first kappa shape index (κ1) is 15.5. The first-order valence-electron chi connectivity index (χ1n) is 6.54. The van der Waals surface area contributed by atoms with Crippen molar-refractivity contribution in [3.63, 3.8) is 0 Å². The van der Waals surface area contributed by atoms with Crippen LogP contribution in [-0.4, -0.2) is 17.9 Å². The van der Waals surface area contributed by atoms with E-state index in [-0.39, 0.29) is 18.4 Å². The zero-order valence-corrected chi connectivity index (χ0v) is 11.3. The lowest BCUT2D eigenvalue weighted by Crippen LogP contribution is -2.51. The van der Waals surface area contributed by atoms with Crippen molar-refractivity contribution in [3.8, 4) is 0 Å². The van der Waals surface area contributed by atoms with Crippen LogP contribution in [0.5, 0.6) is 0 Å². The van der Waals surface area contributed by atoms with Gasteiger partial charge in [-0.05, 0) is 31.0 Å². The largest absolute Gasteiger partial charge is 0.416 e. The van der Waals surface area contributed by atoms with Gasteiger partial charge >= 0.3 is 6.18 Å². The molecule has 2 atom stereocenters. The molecule has 1 saturated heterocycles. The van der Waals surface area contributed by atoms with Gasteiger partial charge in [0.2, 0.25) is 11.8 Å². The molecular weight excluding hydrogens is 285 g/mol. The molecule has 1 heterocycles. The van der Waals surface area contributed by atoms with Gasteiger partial charge in [-0.1, -0.05) is 12.1 Å². The van der Waals surface area contributed by atoms with E-state index in [0.29, 0.717) is 12.0 Å². The second kappa shape index (κ2) is 5.85. The number of carbonyl (C=O) groups is 2. The predicted octanol–water partition coefficient (Wildman–Crippen LogP) is 2.16. The van der Waals surface area contributed by atoms with Crippen molar-refractivity contribution in [3.05, 3.63) is 35.4 Å². The molecule has 2 amide bonds. The van der Waals surface area contributed by atoms with Crippen molar-refractivity contribution >= 4 is 11.8 Å². The van der Waals surface area contributed by atoms with Crippen molar-refractivity contribution in [1.82, 2.24) is 10.6 Å². The van der Waals surface area contributed by atoms with E-state index in [1.165, 1.54) is 12.1 Å². The van der Waals surface area contributed by atoms with Gasteiger partial charge in [-0.2, -0.15) is 13.2 Å². The number of halogens is 3. The number of alkyl halides is 3. The highest BCUT2D eigenvalue weighted by Crippen LogP contribution is 2.30. The van der Waals surface area contributed by atoms with Gasteiger partial charge in [0, 0.05) is 12.5 Å². The number of hydrogen-bond donors (Lipinski definition) is 2. The van der Waals surface area contributed by atoms with Crippen LogP contribution in [0.2, 0.25) is 0 Å². The number of rotatable bonds is 3. The van der Waals surface area contributed by atoms with Crippen LogP contribution in [0, 0.1) is 0 Å². The summed E-state index contributed by atoms with van der Waals surface area (Å²) in [7, 11) is 0. The Morgan fingerprint density at radius 1 is 1.24 bits per heavy atom. The number of imide groups is 1. The van der Waals surface area contributed by atoms with Gasteiger partial charge in [0.05, 0.1) is 11.6 Å². The molecule has 4 nitrogen and oxygen atoms in total. The number of amides is 2. The van der Waals surface area contributed by atoms with E-state index in [4.69, 9.17) is 0 Å². The molecule has 2 unspecified atom stereocenters. The van der Waals surface area contributed by atoms with Crippen molar-refractivity contribution in [1.29, 1.82) is 0 Å². The maximum atomic E-state index is 12.5. The van der Waals surface area contributed by atoms with Crippen LogP contribution in [-0.2, 0) is 15.8 Å². The molecule has 0 spiro atoms. The fraction of sp³-hybridized carbons (Fsp3) is 0.429. The lowest BCUT2D eigenvalue weighted by molar-refractivity contribution is -0.137. The SMILES string of the molecule is CC(NC1CCC(=O)NC1=O)c1ccc(C(F)(F)F)cc1. The molecule has 21 heavy (non-hydrogen) atoms. The molecule has 1 aromatic carbocycles. The summed E-state index contributed by atoms with van der Waals surface area (Å²) in [6.45, 7) is 1.76. The molecule has 1 fully saturated rings. The number of piperidine rings is 1. The fourth-order valence-electron chi connectivity index (χ4n) is 2.21. The van der Waals surface area contributed by atoms with Crippen molar-refractivity contribution in [2.75, 3.05) is 0 Å². The molecule has 114 valence electrons. The van der Waals surface area contributed by atoms with Gasteiger partial charge in [-0.15, -0.1) is 0 Å². The molecule has 0 aliphatic carbocycles. The van der Waals surface area contributed by atoms with Gasteiger partial charge < -0.3 is 0 Å². The topological polar surface area (TPSA) is 58.2 Å². The zero-order chi connectivity index (χ0) is 15.6. The minimum Gasteiger partial charge on any atom is -0.299 e. The van der Waals surface area contributed by atoms with Gasteiger partial charge in [0.25, 0.3) is 0 Å². The maximum Gasteiger partial charge on any atom is 0.416 e. The Hall–Kier alpha value is -1.89. The molecule has 0 bridgehead atoms. The fourth-order valence-corrected chi connectivity index (χ4v) is 2.21. The molecule has 2 rings (SSSR count). The number of carbonyl (C=O) groups excluding carboxylic acids is 2. The van der Waals surface area contributed by atoms with E-state index in [2.05, 4.69) is 10.6 Å². The minimum absolute atomic E-state index is 0.253. The minimum atomic E-state index is -4.36. The lowest BCUT2D eigenvalue weighted by Gasteiger charge is -2.25. The number of hydrogen-bond acceptors (Lipinski definition) is 3. The summed E-state index contributed by atoms with van der Waals surface area (Å²) in [5.41, 5.74) is -0.0628. The van der Waals surface area contributed by atoms with Crippen LogP contribution in [0.4, 0.5) is 13.2 Å². The van der Waals surface area contributed by atoms with Gasteiger partial charge in [-0.25, -0.2) is 0 Å². The van der Waals surface area contributed by atoms with Crippen molar-refractivity contribution in [2.45, 2.75) is 38.0 Å². The van der Waals surface area contributed by atoms with Crippen LogP contribution < -0.4 is 10.6 Å². The van der Waals surface area contributed by atoms with Crippen LogP contribution in [0.25, 0.3) is 0 Å². The second-order valence-corrected chi connectivity index (χ2v) is 5.01. The van der Waals surface area contributed by atoms with Gasteiger partial charge in [0.15, 0.2) is 0 Å². The quantitative estimate of drug-likeness (QED) is 0.841. The van der Waals surface area contributed by atoms with Crippen molar-refractivity contribution < 1.29 is 22.8 Å². The van der Waals surface area contributed by atoms with Crippen molar-refractivity contribution in [2.24, 2.45) is 0 Å². The Balaban J connectivity index is 2.02. The Morgan fingerprint density at radius 3 is 2.38 bits per heavy atom. The summed E-state index contributed by atoms with van der Waals surface area (Å²) < 4.78 is 37.4. The highest BCUT2D eigenvalue weighted by atomic mass is 19.4. The van der Waals surface area contributed by atoms with E-state index in [1.54, 1.807) is 6.92 Å². The second-order valence-electron chi connectivity index (χ2n) is 5.01. The maximum absolute atomic E-state index is 12.5. The van der Waals surface area contributed by atoms with Crippen LogP contribution >= 0.6 is 0 Å². The number of benzene rings is 1. The van der Waals surface area contributed by atoms with E-state index in [9.17, 15) is 22.8 Å². The van der Waals surface area contributed by atoms with E-state index in [0.717, 1.165) is 12.1 Å². The summed E-state index contributed by atoms with van der Waals surface area (Å²) >= 11 is 0. The third-order valence-electron chi connectivity index (χ3n) is 3.43. The molecule has 1 aromatic rings. The standard InChI is InChI=1S/C14H15F3N2O2/c1-8(18-11-6-7-12(20)19-13(11)21)9-2-4-10(5-3-9)14(15,16)17/h2-5,8,11,18H,6-7H2,1H3,(H,19,20,21). The van der Waals surface area contributed by atoms with Gasteiger partial charge in [0.1, 0.15) is 0 Å². The molecular formula is C14H15F3N2O2. The molecule has 7 heteroatoms. The average molecular weight is 300 g/mol. The monoisotopic (exact) mass is 300 g/mol. The molecule has 0 saturated carbocycles. The molecule has 2 N–H and O–H groups in total. The predicted molar refractivity (Wildman–Crippen MR) is 69.2 cm³/mol. The Morgan fingerprint density at radius 2 is 1.86 bits per heavy atom. The van der Waals surface area contributed by atoms with E-state index < -0.39 is 23.7 Å². The van der Waals surface area contributed by atoms with Crippen LogP contribution in [0.3, 0.4) is 0 Å². The number of nitrogens with one attached hydrogen (secondary N) is 2. The van der Waals surface area contributed by atoms with E-state index >= 15 is 0 Å². The lowest BCUT2D eigenvalue weighted by atomic mass is 10.0. The van der Waals surface area contributed by atoms with Gasteiger partial charge in [-0.3, -0.25) is 20.2 Å². The molecule has 1 aliphatic rings. The van der Waals surface area contributed by atoms with E-state index in [1.807, 2.05) is 0 Å². The summed E-state index contributed by atoms with van der Waals surface area (Å²) in [6, 6.07) is 3.98. The molecule has 1 aliphatic heterocycles. The Bertz CT molecular complexity index is 540. The highest BCUT2D eigenvalue weighted by Gasteiger charge is 2.31. The highest BCUT2D eigenvalue weighted by molar-refractivity contribution is 6.00. The average Bonchev–Trinajstić information content (AvgIpc) is 2.41.